The second-order valence-corrected chi connectivity index (χ2v) is 8.39. The third-order valence-electron chi connectivity index (χ3n) is 5.65. The number of aryl methyl sites for hydroxylation is 2. The first-order valence-electron chi connectivity index (χ1n) is 11.5. The molecule has 0 aliphatic carbocycles. The lowest BCUT2D eigenvalue weighted by atomic mass is 10.1. The maximum atomic E-state index is 12.7. The van der Waals surface area contributed by atoms with Gasteiger partial charge in [-0.05, 0) is 24.5 Å². The zero-order valence-corrected chi connectivity index (χ0v) is 19.4. The number of hydrogen-bond donors (Lipinski definition) is 3. The minimum Gasteiger partial charge on any atom is -0.433 e. The Balaban J connectivity index is 1.26. The van der Waals surface area contributed by atoms with Crippen molar-refractivity contribution in [3.05, 3.63) is 89.5 Å². The van der Waals surface area contributed by atoms with E-state index in [4.69, 9.17) is 9.47 Å². The molecule has 4 rings (SSSR count). The van der Waals surface area contributed by atoms with E-state index in [0.29, 0.717) is 12.2 Å². The second kappa shape index (κ2) is 11.4. The molecule has 2 amide bonds. The van der Waals surface area contributed by atoms with Gasteiger partial charge in [0.05, 0.1) is 13.0 Å². The van der Waals surface area contributed by atoms with Crippen molar-refractivity contribution < 1.29 is 23.9 Å². The summed E-state index contributed by atoms with van der Waals surface area (Å²) in [4.78, 5) is 44.4. The fraction of sp³-hybridized carbons (Fsp3) is 0.308. The quantitative estimate of drug-likeness (QED) is 0.386. The zero-order chi connectivity index (χ0) is 24.6. The number of carbonyl (C=O) groups excluding carboxylic acids is 3. The van der Waals surface area contributed by atoms with E-state index in [1.54, 1.807) is 6.92 Å². The molecule has 3 aromatic rings. The Morgan fingerprint density at radius 1 is 1.09 bits per heavy atom. The number of benzene rings is 2. The van der Waals surface area contributed by atoms with Gasteiger partial charge in [0, 0.05) is 12.6 Å². The molecule has 2 aromatic carbocycles. The molecule has 182 valence electrons. The number of esters is 1. The Hall–Kier alpha value is -3.98. The first-order chi connectivity index (χ1) is 17.0. The molecule has 1 aromatic heterocycles. The largest absolute Gasteiger partial charge is 0.433 e. The molecule has 35 heavy (non-hydrogen) atoms. The molecule has 1 saturated heterocycles. The number of aromatic nitrogens is 2. The summed E-state index contributed by atoms with van der Waals surface area (Å²) in [6, 6.07) is 18.0. The smallest absolute Gasteiger partial charge is 0.310 e. The molecular weight excluding hydrogens is 448 g/mol. The van der Waals surface area contributed by atoms with Crippen LogP contribution in [0.5, 0.6) is 0 Å². The summed E-state index contributed by atoms with van der Waals surface area (Å²) in [5.74, 6) is -0.680. The number of amides is 2. The van der Waals surface area contributed by atoms with Crippen LogP contribution in [0.3, 0.4) is 0 Å². The van der Waals surface area contributed by atoms with E-state index in [1.165, 1.54) is 11.8 Å². The van der Waals surface area contributed by atoms with Gasteiger partial charge >= 0.3 is 5.97 Å². The van der Waals surface area contributed by atoms with Gasteiger partial charge < -0.3 is 25.1 Å². The van der Waals surface area contributed by atoms with Crippen LogP contribution in [-0.2, 0) is 38.5 Å². The van der Waals surface area contributed by atoms with E-state index in [2.05, 4.69) is 20.6 Å². The predicted molar refractivity (Wildman–Crippen MR) is 127 cm³/mol. The fourth-order valence-corrected chi connectivity index (χ4v) is 3.71. The van der Waals surface area contributed by atoms with Gasteiger partial charge in [-0.1, -0.05) is 60.7 Å². The van der Waals surface area contributed by atoms with E-state index in [0.717, 1.165) is 12.0 Å². The van der Waals surface area contributed by atoms with Crippen molar-refractivity contribution >= 4 is 17.8 Å². The third-order valence-corrected chi connectivity index (χ3v) is 5.65. The van der Waals surface area contributed by atoms with Gasteiger partial charge in [-0.3, -0.25) is 14.4 Å². The first-order valence-corrected chi connectivity index (χ1v) is 11.5. The van der Waals surface area contributed by atoms with Crippen LogP contribution in [0, 0.1) is 0 Å². The number of nitrogens with one attached hydrogen (secondary N) is 3. The molecule has 1 aliphatic heterocycles. The Labute approximate surface area is 203 Å². The summed E-state index contributed by atoms with van der Waals surface area (Å²) < 4.78 is 10.9. The van der Waals surface area contributed by atoms with E-state index < -0.39 is 36.2 Å². The van der Waals surface area contributed by atoms with Crippen LogP contribution in [0.2, 0.25) is 0 Å². The maximum absolute atomic E-state index is 12.7. The van der Waals surface area contributed by atoms with Crippen molar-refractivity contribution in [1.82, 2.24) is 20.6 Å². The molecular formula is C26H28N4O5. The highest BCUT2D eigenvalue weighted by atomic mass is 16.7. The molecule has 0 bridgehead atoms. The molecule has 2 unspecified atom stereocenters. The van der Waals surface area contributed by atoms with E-state index in [1.807, 2.05) is 60.7 Å². The highest BCUT2D eigenvalue weighted by molar-refractivity contribution is 5.96. The number of ether oxygens (including phenoxy) is 2. The number of H-pyrrole nitrogens is 1. The van der Waals surface area contributed by atoms with Crippen molar-refractivity contribution in [3.63, 3.8) is 0 Å². The number of cyclic esters (lactones) is 1. The van der Waals surface area contributed by atoms with Crippen molar-refractivity contribution in [2.75, 3.05) is 0 Å². The Bertz CT molecular complexity index is 1150. The fourth-order valence-electron chi connectivity index (χ4n) is 3.71. The molecule has 3 N–H and O–H groups in total. The summed E-state index contributed by atoms with van der Waals surface area (Å²) in [6.07, 6.45) is 2.08. The lowest BCUT2D eigenvalue weighted by Crippen LogP contribution is -2.50. The number of rotatable bonds is 10. The van der Waals surface area contributed by atoms with Crippen molar-refractivity contribution in [1.29, 1.82) is 0 Å². The van der Waals surface area contributed by atoms with Crippen molar-refractivity contribution in [2.45, 2.75) is 51.2 Å². The summed E-state index contributed by atoms with van der Waals surface area (Å²) in [5.41, 5.74) is 2.31. The molecule has 0 radical (unpaired) electrons. The summed E-state index contributed by atoms with van der Waals surface area (Å²) >= 11 is 0. The predicted octanol–water partition coefficient (Wildman–Crippen LogP) is 2.29. The van der Waals surface area contributed by atoms with Crippen molar-refractivity contribution in [2.24, 2.45) is 0 Å². The number of carbonyl (C=O) groups is 3. The van der Waals surface area contributed by atoms with Crippen molar-refractivity contribution in [3.8, 4) is 0 Å². The van der Waals surface area contributed by atoms with Gasteiger partial charge in [0.1, 0.15) is 23.6 Å². The molecule has 0 saturated carbocycles. The zero-order valence-electron chi connectivity index (χ0n) is 19.4. The molecule has 9 nitrogen and oxygen atoms in total. The molecule has 3 atom stereocenters. The van der Waals surface area contributed by atoms with Gasteiger partial charge in [-0.25, -0.2) is 4.98 Å². The normalized spacial score (nSPS) is 18.0. The molecule has 1 fully saturated rings. The lowest BCUT2D eigenvalue weighted by Gasteiger charge is -2.21. The molecule has 0 spiro atoms. The standard InChI is InChI=1S/C26H28N4O5/c1-17(28-25(33)21-15-27-22(29-21)13-12-18-8-4-2-5-9-18)24(32)30-20-14-23(31)35-26(20)34-16-19-10-6-3-7-11-19/h2-11,15,17,20,26H,12-14,16H2,1H3,(H,27,29)(H,28,33)(H,30,32)/t17-,20?,26?/m0/s1. The Kier molecular flexibility index (Phi) is 7.89. The van der Waals surface area contributed by atoms with Gasteiger partial charge in [0.15, 0.2) is 0 Å². The van der Waals surface area contributed by atoms with Gasteiger partial charge in [0.25, 0.3) is 5.91 Å². The lowest BCUT2D eigenvalue weighted by molar-refractivity contribution is -0.168. The summed E-state index contributed by atoms with van der Waals surface area (Å²) in [6.45, 7) is 1.80. The number of aromatic amines is 1. The van der Waals surface area contributed by atoms with Crippen LogP contribution in [-0.4, -0.2) is 46.1 Å². The van der Waals surface area contributed by atoms with Crippen LogP contribution < -0.4 is 10.6 Å². The highest BCUT2D eigenvalue weighted by Crippen LogP contribution is 2.18. The first kappa shape index (κ1) is 24.2. The molecule has 9 heteroatoms. The van der Waals surface area contributed by atoms with Crippen LogP contribution >= 0.6 is 0 Å². The van der Waals surface area contributed by atoms with E-state index in [-0.39, 0.29) is 18.7 Å². The average Bonchev–Trinajstić information content (AvgIpc) is 3.49. The van der Waals surface area contributed by atoms with Gasteiger partial charge in [-0.2, -0.15) is 0 Å². The molecule has 1 aliphatic rings. The Morgan fingerprint density at radius 2 is 1.77 bits per heavy atom. The second-order valence-electron chi connectivity index (χ2n) is 8.39. The van der Waals surface area contributed by atoms with E-state index >= 15 is 0 Å². The maximum Gasteiger partial charge on any atom is 0.310 e. The highest BCUT2D eigenvalue weighted by Gasteiger charge is 2.37. The van der Waals surface area contributed by atoms with Crippen LogP contribution in [0.4, 0.5) is 0 Å². The molecule has 2 heterocycles. The van der Waals surface area contributed by atoms with E-state index in [9.17, 15) is 14.4 Å². The average molecular weight is 477 g/mol. The minimum atomic E-state index is -0.895. The van der Waals surface area contributed by atoms with Gasteiger partial charge in [-0.15, -0.1) is 0 Å². The number of hydrogen-bond acceptors (Lipinski definition) is 6. The monoisotopic (exact) mass is 476 g/mol. The van der Waals surface area contributed by atoms with Crippen LogP contribution in [0.25, 0.3) is 0 Å². The van der Waals surface area contributed by atoms with Crippen LogP contribution in [0.1, 0.15) is 40.8 Å². The number of imidazole rings is 1. The Morgan fingerprint density at radius 3 is 2.49 bits per heavy atom. The topological polar surface area (TPSA) is 122 Å². The third kappa shape index (κ3) is 6.77. The number of nitrogens with zero attached hydrogens (tertiary/aromatic N) is 1. The van der Waals surface area contributed by atoms with Gasteiger partial charge in [0.2, 0.25) is 12.2 Å². The summed E-state index contributed by atoms with van der Waals surface area (Å²) in [7, 11) is 0. The van der Waals surface area contributed by atoms with Crippen LogP contribution in [0.15, 0.2) is 66.9 Å². The SMILES string of the molecule is C[C@H](NC(=O)c1c[nH]c(CCc2ccccc2)n1)C(=O)NC1CC(=O)OC1OCc1ccccc1. The summed E-state index contributed by atoms with van der Waals surface area (Å²) in [5, 5.41) is 5.38. The minimum absolute atomic E-state index is 0.00397.